The average Bonchev–Trinajstić information content (AvgIpc) is 3.00. The fraction of sp³-hybridized carbons (Fsp3) is 0.0526. The van der Waals surface area contributed by atoms with Crippen molar-refractivity contribution < 1.29 is 14.0 Å². The molecular weight excluding hydrogens is 431 g/mol. The van der Waals surface area contributed by atoms with Crippen LogP contribution in [0.4, 0.5) is 0 Å². The molecule has 0 saturated heterocycles. The minimum Gasteiger partial charge on any atom is -0.456 e. The second-order valence-electron chi connectivity index (χ2n) is 5.50. The average molecular weight is 444 g/mol. The highest BCUT2D eigenvalue weighted by atomic mass is 127. The van der Waals surface area contributed by atoms with Crippen LogP contribution in [0.1, 0.15) is 15.9 Å². The molecule has 0 spiro atoms. The van der Waals surface area contributed by atoms with Gasteiger partial charge in [0.25, 0.3) is 5.91 Å². The number of hydrogen-bond donors (Lipinski definition) is 1. The Labute approximate surface area is 157 Å². The first kappa shape index (κ1) is 16.0. The Balaban J connectivity index is 1.63. The summed E-state index contributed by atoms with van der Waals surface area (Å²) in [5.41, 5.74) is 5.33. The monoisotopic (exact) mass is 444 g/mol. The second kappa shape index (κ2) is 6.81. The summed E-state index contributed by atoms with van der Waals surface area (Å²) in [5, 5.41) is 1.71. The zero-order valence-electron chi connectivity index (χ0n) is 13.0. The molecule has 0 unspecified atom stereocenters. The third-order valence-electron chi connectivity index (χ3n) is 3.83. The Morgan fingerprint density at radius 1 is 1.16 bits per heavy atom. The third kappa shape index (κ3) is 3.22. The Bertz CT molecular complexity index is 1060. The van der Waals surface area contributed by atoms with E-state index in [9.17, 15) is 4.79 Å². The summed E-state index contributed by atoms with van der Waals surface area (Å²) in [6.07, 6.45) is 3.38. The van der Waals surface area contributed by atoms with E-state index < -0.39 is 0 Å². The number of aromatic nitrogens is 1. The molecule has 0 radical (unpaired) electrons. The van der Waals surface area contributed by atoms with Crippen LogP contribution in [-0.4, -0.2) is 10.9 Å². The van der Waals surface area contributed by atoms with Crippen molar-refractivity contribution in [2.45, 2.75) is 6.61 Å². The molecule has 1 N–H and O–H groups in total. The Kier molecular flexibility index (Phi) is 4.37. The fourth-order valence-corrected chi connectivity index (χ4v) is 3.20. The lowest BCUT2D eigenvalue weighted by molar-refractivity contribution is 0.0234. The van der Waals surface area contributed by atoms with E-state index in [0.717, 1.165) is 25.5 Å². The van der Waals surface area contributed by atoms with Crippen molar-refractivity contribution in [3.63, 3.8) is 0 Å². The largest absolute Gasteiger partial charge is 0.456 e. The number of benzene rings is 2. The summed E-state index contributed by atoms with van der Waals surface area (Å²) in [4.78, 5) is 21.9. The Hall–Kier alpha value is -2.45. The number of carbonyl (C=O) groups excluding carboxylic acids is 1. The maximum absolute atomic E-state index is 12.6. The van der Waals surface area contributed by atoms with Gasteiger partial charge >= 0.3 is 0 Å². The molecule has 2 heterocycles. The van der Waals surface area contributed by atoms with E-state index in [1.54, 1.807) is 24.5 Å². The van der Waals surface area contributed by atoms with Gasteiger partial charge in [-0.1, -0.05) is 12.1 Å². The third-order valence-corrected chi connectivity index (χ3v) is 4.50. The number of hydrogen-bond acceptors (Lipinski definition) is 4. The van der Waals surface area contributed by atoms with E-state index in [-0.39, 0.29) is 12.5 Å². The number of hydroxylamine groups is 1. The number of carbonyl (C=O) groups is 1. The molecule has 0 aliphatic rings. The van der Waals surface area contributed by atoms with E-state index >= 15 is 0 Å². The van der Waals surface area contributed by atoms with Crippen LogP contribution in [0.25, 0.3) is 21.9 Å². The number of pyridine rings is 1. The second-order valence-corrected chi connectivity index (χ2v) is 6.75. The minimum absolute atomic E-state index is 0.250. The first-order valence-corrected chi connectivity index (χ1v) is 8.72. The van der Waals surface area contributed by atoms with E-state index in [4.69, 9.17) is 9.25 Å². The molecule has 6 heteroatoms. The molecule has 4 rings (SSSR count). The van der Waals surface area contributed by atoms with E-state index in [1.807, 2.05) is 36.4 Å². The Morgan fingerprint density at radius 2 is 2.08 bits per heavy atom. The van der Waals surface area contributed by atoms with Crippen LogP contribution in [0, 0.1) is 3.57 Å². The number of amides is 1. The minimum atomic E-state index is -0.309. The quantitative estimate of drug-likeness (QED) is 0.373. The molecule has 25 heavy (non-hydrogen) atoms. The van der Waals surface area contributed by atoms with Gasteiger partial charge in [-0.05, 0) is 64.6 Å². The van der Waals surface area contributed by atoms with E-state index in [1.165, 1.54) is 0 Å². The predicted octanol–water partition coefficient (Wildman–Crippen LogP) is 4.45. The van der Waals surface area contributed by atoms with Crippen LogP contribution in [0.2, 0.25) is 0 Å². The van der Waals surface area contributed by atoms with Crippen molar-refractivity contribution in [3.05, 3.63) is 75.6 Å². The number of furan rings is 1. The van der Waals surface area contributed by atoms with Crippen LogP contribution >= 0.6 is 22.6 Å². The molecule has 4 aromatic rings. The highest BCUT2D eigenvalue weighted by Crippen LogP contribution is 2.32. The van der Waals surface area contributed by atoms with Crippen molar-refractivity contribution in [2.24, 2.45) is 0 Å². The maximum Gasteiger partial charge on any atom is 0.275 e. The highest BCUT2D eigenvalue weighted by molar-refractivity contribution is 14.1. The molecule has 124 valence electrons. The standard InChI is InChI=1S/C19H13IN2O3/c20-13-6-7-16-15(9-13)18-14(4-1-5-17(18)25-16)19(23)22-24-11-12-3-2-8-21-10-12/h1-10H,11H2,(H,22,23). The first-order chi connectivity index (χ1) is 12.2. The molecule has 2 aromatic heterocycles. The molecule has 0 fully saturated rings. The molecule has 0 aliphatic carbocycles. The van der Waals surface area contributed by atoms with Crippen LogP contribution in [0.15, 0.2) is 65.3 Å². The Morgan fingerprint density at radius 3 is 2.92 bits per heavy atom. The maximum atomic E-state index is 12.6. The lowest BCUT2D eigenvalue weighted by atomic mass is 10.1. The van der Waals surface area contributed by atoms with Gasteiger partial charge in [-0.15, -0.1) is 0 Å². The molecule has 0 saturated carbocycles. The van der Waals surface area contributed by atoms with E-state index in [2.05, 4.69) is 33.1 Å². The van der Waals surface area contributed by atoms with Crippen LogP contribution < -0.4 is 5.48 Å². The summed E-state index contributed by atoms with van der Waals surface area (Å²) in [7, 11) is 0. The van der Waals surface area contributed by atoms with Gasteiger partial charge in [-0.3, -0.25) is 14.6 Å². The van der Waals surface area contributed by atoms with Gasteiger partial charge in [-0.25, -0.2) is 5.48 Å². The van der Waals surface area contributed by atoms with E-state index in [0.29, 0.717) is 11.1 Å². The molecule has 0 atom stereocenters. The molecule has 1 amide bonds. The number of nitrogens with zero attached hydrogens (tertiary/aromatic N) is 1. The summed E-state index contributed by atoms with van der Waals surface area (Å²) < 4.78 is 6.92. The van der Waals surface area contributed by atoms with Crippen LogP contribution in [0.5, 0.6) is 0 Å². The molecule has 0 aliphatic heterocycles. The number of halogens is 1. The lowest BCUT2D eigenvalue weighted by Gasteiger charge is -2.07. The van der Waals surface area contributed by atoms with Gasteiger partial charge in [-0.2, -0.15) is 0 Å². The van der Waals surface area contributed by atoms with Crippen molar-refractivity contribution in [2.75, 3.05) is 0 Å². The molecular formula is C19H13IN2O3. The SMILES string of the molecule is O=C(NOCc1cccnc1)c1cccc2oc3ccc(I)cc3c12. The zero-order chi connectivity index (χ0) is 17.2. The molecule has 0 bridgehead atoms. The first-order valence-electron chi connectivity index (χ1n) is 7.64. The fourth-order valence-electron chi connectivity index (χ4n) is 2.71. The van der Waals surface area contributed by atoms with Gasteiger partial charge < -0.3 is 4.42 Å². The van der Waals surface area contributed by atoms with Crippen molar-refractivity contribution in [1.29, 1.82) is 0 Å². The van der Waals surface area contributed by atoms with Gasteiger partial charge in [0.1, 0.15) is 17.8 Å². The summed E-state index contributed by atoms with van der Waals surface area (Å²) in [6.45, 7) is 0.250. The topological polar surface area (TPSA) is 64.4 Å². The van der Waals surface area contributed by atoms with Crippen molar-refractivity contribution in [1.82, 2.24) is 10.5 Å². The van der Waals surface area contributed by atoms with Gasteiger partial charge in [0, 0.05) is 26.7 Å². The van der Waals surface area contributed by atoms with Gasteiger partial charge in [0.2, 0.25) is 0 Å². The number of fused-ring (bicyclic) bond motifs is 3. The summed E-state index contributed by atoms with van der Waals surface area (Å²) in [6, 6.07) is 15.0. The smallest absolute Gasteiger partial charge is 0.275 e. The van der Waals surface area contributed by atoms with Gasteiger partial charge in [0.15, 0.2) is 0 Å². The van der Waals surface area contributed by atoms with Crippen LogP contribution in [-0.2, 0) is 11.4 Å². The zero-order valence-corrected chi connectivity index (χ0v) is 15.2. The normalized spacial score (nSPS) is 11.1. The van der Waals surface area contributed by atoms with Crippen molar-refractivity contribution in [3.8, 4) is 0 Å². The van der Waals surface area contributed by atoms with Crippen molar-refractivity contribution >= 4 is 50.4 Å². The number of rotatable bonds is 4. The number of nitrogens with one attached hydrogen (secondary N) is 1. The predicted molar refractivity (Wildman–Crippen MR) is 103 cm³/mol. The lowest BCUT2D eigenvalue weighted by Crippen LogP contribution is -2.23. The van der Waals surface area contributed by atoms with Crippen LogP contribution in [0.3, 0.4) is 0 Å². The molecule has 2 aromatic carbocycles. The summed E-state index contributed by atoms with van der Waals surface area (Å²) >= 11 is 2.24. The highest BCUT2D eigenvalue weighted by Gasteiger charge is 2.16. The summed E-state index contributed by atoms with van der Waals surface area (Å²) in [5.74, 6) is -0.309. The molecule has 5 nitrogen and oxygen atoms in total. The van der Waals surface area contributed by atoms with Gasteiger partial charge in [0.05, 0.1) is 5.56 Å².